The van der Waals surface area contributed by atoms with Crippen molar-refractivity contribution in [1.82, 2.24) is 9.88 Å². The lowest BCUT2D eigenvalue weighted by Gasteiger charge is -2.35. The molecule has 1 amide bonds. The predicted octanol–water partition coefficient (Wildman–Crippen LogP) is 5.92. The van der Waals surface area contributed by atoms with E-state index in [4.69, 9.17) is 9.72 Å². The Bertz CT molecular complexity index is 1480. The molecule has 2 saturated heterocycles. The molecule has 2 aromatic carbocycles. The number of aryl methyl sites for hydroxylation is 1. The van der Waals surface area contributed by atoms with Gasteiger partial charge in [0, 0.05) is 55.9 Å². The normalized spacial score (nSPS) is 22.1. The zero-order chi connectivity index (χ0) is 29.2. The molecule has 8 nitrogen and oxygen atoms in total. The number of carbonyl (C=O) groups is 2. The van der Waals surface area contributed by atoms with Crippen LogP contribution < -0.4 is 9.64 Å². The number of thiazole rings is 1. The van der Waals surface area contributed by atoms with Crippen molar-refractivity contribution >= 4 is 34.6 Å². The van der Waals surface area contributed by atoms with Gasteiger partial charge in [0.25, 0.3) is 5.91 Å². The summed E-state index contributed by atoms with van der Waals surface area (Å²) in [6.45, 7) is 5.51. The summed E-state index contributed by atoms with van der Waals surface area (Å²) in [5.41, 5.74) is 5.43. The van der Waals surface area contributed by atoms with Crippen molar-refractivity contribution in [3.63, 3.8) is 0 Å². The van der Waals surface area contributed by atoms with Gasteiger partial charge >= 0.3 is 5.97 Å². The van der Waals surface area contributed by atoms with Gasteiger partial charge in [-0.1, -0.05) is 17.7 Å². The number of rotatable bonds is 8. The Balaban J connectivity index is 1.19. The van der Waals surface area contributed by atoms with Crippen molar-refractivity contribution < 1.29 is 19.4 Å². The van der Waals surface area contributed by atoms with Crippen molar-refractivity contribution in [3.8, 4) is 17.0 Å². The number of hydrogen-bond acceptors (Lipinski definition) is 7. The predicted molar refractivity (Wildman–Crippen MR) is 166 cm³/mol. The van der Waals surface area contributed by atoms with E-state index in [1.165, 1.54) is 6.42 Å². The summed E-state index contributed by atoms with van der Waals surface area (Å²) in [6.07, 6.45) is 7.04. The first-order chi connectivity index (χ1) is 20.4. The number of anilines is 1. The second-order valence-electron chi connectivity index (χ2n) is 11.8. The van der Waals surface area contributed by atoms with Gasteiger partial charge in [0.05, 0.1) is 11.6 Å². The van der Waals surface area contributed by atoms with E-state index in [1.807, 2.05) is 35.2 Å². The lowest BCUT2D eigenvalue weighted by atomic mass is 9.85. The first kappa shape index (κ1) is 28.4. The molecule has 1 aliphatic carbocycles. The number of benzene rings is 2. The minimum absolute atomic E-state index is 0.0771. The van der Waals surface area contributed by atoms with Crippen LogP contribution in [0, 0.1) is 24.7 Å². The average molecular weight is 587 g/mol. The van der Waals surface area contributed by atoms with Gasteiger partial charge in [-0.2, -0.15) is 0 Å². The largest absolute Gasteiger partial charge is 0.488 e. The molecule has 3 heterocycles. The molecule has 2 bridgehead atoms. The maximum absolute atomic E-state index is 13.1. The maximum Gasteiger partial charge on any atom is 0.307 e. The quantitative estimate of drug-likeness (QED) is 0.329. The van der Waals surface area contributed by atoms with Crippen LogP contribution in [0.15, 0.2) is 46.8 Å². The number of aliphatic imine (C=N–C) groups is 1. The van der Waals surface area contributed by atoms with Crippen LogP contribution in [0.5, 0.6) is 5.75 Å². The maximum atomic E-state index is 13.1. The smallest absolute Gasteiger partial charge is 0.307 e. The summed E-state index contributed by atoms with van der Waals surface area (Å²) < 4.78 is 6.40. The average Bonchev–Trinajstić information content (AvgIpc) is 3.60. The molecule has 3 aliphatic rings. The molecule has 220 valence electrons. The second-order valence-corrected chi connectivity index (χ2v) is 12.7. The van der Waals surface area contributed by atoms with E-state index in [1.54, 1.807) is 24.6 Å². The van der Waals surface area contributed by atoms with Crippen LogP contribution in [-0.2, 0) is 11.4 Å². The first-order valence-electron chi connectivity index (χ1n) is 14.9. The Morgan fingerprint density at radius 3 is 2.57 bits per heavy atom. The van der Waals surface area contributed by atoms with E-state index < -0.39 is 5.97 Å². The fourth-order valence-electron chi connectivity index (χ4n) is 6.84. The van der Waals surface area contributed by atoms with Crippen LogP contribution in [0.3, 0.4) is 0 Å². The Morgan fingerprint density at radius 2 is 1.86 bits per heavy atom. The van der Waals surface area contributed by atoms with Crippen molar-refractivity contribution in [2.24, 2.45) is 22.7 Å². The van der Waals surface area contributed by atoms with Gasteiger partial charge in [-0.25, -0.2) is 4.98 Å². The molecule has 3 atom stereocenters. The molecule has 0 spiro atoms. The van der Waals surface area contributed by atoms with Crippen LogP contribution in [-0.4, -0.2) is 66.3 Å². The molecule has 1 aromatic heterocycles. The van der Waals surface area contributed by atoms with Gasteiger partial charge in [-0.3, -0.25) is 14.6 Å². The highest BCUT2D eigenvalue weighted by Gasteiger charge is 2.46. The highest BCUT2D eigenvalue weighted by molar-refractivity contribution is 7.14. The first-order valence-corrected chi connectivity index (χ1v) is 15.8. The number of amides is 1. The van der Waals surface area contributed by atoms with Crippen molar-refractivity contribution in [1.29, 1.82) is 0 Å². The van der Waals surface area contributed by atoms with Gasteiger partial charge in [-0.15, -0.1) is 11.3 Å². The van der Waals surface area contributed by atoms with E-state index in [-0.39, 0.29) is 23.7 Å². The zero-order valence-corrected chi connectivity index (χ0v) is 25.1. The van der Waals surface area contributed by atoms with E-state index >= 15 is 0 Å². The van der Waals surface area contributed by atoms with E-state index in [0.29, 0.717) is 12.2 Å². The molecule has 1 saturated carbocycles. The van der Waals surface area contributed by atoms with Crippen molar-refractivity contribution in [2.75, 3.05) is 38.1 Å². The molecule has 1 unspecified atom stereocenters. The van der Waals surface area contributed by atoms with E-state index in [9.17, 15) is 14.7 Å². The number of carboxylic acids is 1. The third-order valence-electron chi connectivity index (χ3n) is 8.98. The van der Waals surface area contributed by atoms with Gasteiger partial charge in [0.2, 0.25) is 0 Å². The highest BCUT2D eigenvalue weighted by Crippen LogP contribution is 2.44. The number of carboxylic acid groups (broad SMARTS) is 1. The molecule has 2 aliphatic heterocycles. The highest BCUT2D eigenvalue weighted by atomic mass is 32.1. The molecule has 3 fully saturated rings. The van der Waals surface area contributed by atoms with Gasteiger partial charge in [0.1, 0.15) is 12.4 Å². The van der Waals surface area contributed by atoms with Crippen LogP contribution in [0.1, 0.15) is 59.2 Å². The summed E-state index contributed by atoms with van der Waals surface area (Å²) in [5.74, 6) is 0.322. The monoisotopic (exact) mass is 586 g/mol. The summed E-state index contributed by atoms with van der Waals surface area (Å²) in [4.78, 5) is 38.3. The third-order valence-corrected chi connectivity index (χ3v) is 9.88. The van der Waals surface area contributed by atoms with Crippen molar-refractivity contribution in [3.05, 3.63) is 64.0 Å². The molecule has 3 aromatic rings. The number of fused-ring (bicyclic) bond motifs is 2. The number of nitrogens with zero attached hydrogens (tertiary/aromatic N) is 4. The second kappa shape index (κ2) is 12.3. The lowest BCUT2D eigenvalue weighted by Crippen LogP contribution is -2.44. The van der Waals surface area contributed by atoms with Gasteiger partial charge in [-0.05, 0) is 86.3 Å². The Hall–Kier alpha value is -3.72. The minimum Gasteiger partial charge on any atom is -0.488 e. The molecular formula is C33H38N4O4S. The van der Waals surface area contributed by atoms with Gasteiger partial charge < -0.3 is 19.6 Å². The number of piperidine rings is 2. The molecule has 42 heavy (non-hydrogen) atoms. The SMILES string of the molecule is CN=Cc1cc(C(=O)N2CCCCC2)ccc1COc1ccc(C)cc1-c1csc(N2C[C@H]3CC[C@@H](C2)C3C(=O)O)n1. The number of likely N-dealkylation sites (tertiary alicyclic amines) is 1. The zero-order valence-electron chi connectivity index (χ0n) is 24.3. The molecule has 6 rings (SSSR count). The van der Waals surface area contributed by atoms with Gasteiger partial charge in [0.15, 0.2) is 5.13 Å². The number of hydrogen-bond donors (Lipinski definition) is 1. The Morgan fingerprint density at radius 1 is 1.10 bits per heavy atom. The fourth-order valence-corrected chi connectivity index (χ4v) is 7.68. The van der Waals surface area contributed by atoms with Crippen LogP contribution in [0.4, 0.5) is 5.13 Å². The van der Waals surface area contributed by atoms with Crippen molar-refractivity contribution in [2.45, 2.75) is 45.6 Å². The summed E-state index contributed by atoms with van der Waals surface area (Å²) >= 11 is 1.60. The molecule has 1 N–H and O–H groups in total. The van der Waals surface area contributed by atoms with E-state index in [2.05, 4.69) is 28.3 Å². The number of ether oxygens (including phenoxy) is 1. The minimum atomic E-state index is -0.653. The summed E-state index contributed by atoms with van der Waals surface area (Å²) in [5, 5.41) is 12.7. The topological polar surface area (TPSA) is 95.3 Å². The number of aromatic nitrogens is 1. The van der Waals surface area contributed by atoms with E-state index in [0.717, 1.165) is 90.7 Å². The number of carbonyl (C=O) groups excluding carboxylic acids is 1. The van der Waals surface area contributed by atoms with Crippen LogP contribution in [0.2, 0.25) is 0 Å². The lowest BCUT2D eigenvalue weighted by molar-refractivity contribution is -0.144. The Kier molecular flexibility index (Phi) is 8.29. The Labute approximate surface area is 251 Å². The molecule has 9 heteroatoms. The third kappa shape index (κ3) is 5.79. The fraction of sp³-hybridized carbons (Fsp3) is 0.455. The standard InChI is InChI=1S/C33H38N4O4S/c1-21-6-11-29(41-19-25-10-7-22(15-26(25)16-34-2)31(38)36-12-4-3-5-13-36)27(14-21)28-20-42-33(35-28)37-17-23-8-9-24(18-37)30(23)32(39)40/h6-7,10-11,14-16,20,23-24,30H,3-5,8-9,12-13,17-19H2,1-2H3,(H,39,40)/t23-,24+,30?. The number of aliphatic carboxylic acids is 1. The van der Waals surface area contributed by atoms with Crippen LogP contribution in [0.25, 0.3) is 11.3 Å². The molecule has 0 radical (unpaired) electrons. The molecular weight excluding hydrogens is 548 g/mol. The van der Waals surface area contributed by atoms with Crippen LogP contribution >= 0.6 is 11.3 Å². The summed E-state index contributed by atoms with van der Waals surface area (Å²) in [7, 11) is 1.73. The summed E-state index contributed by atoms with van der Waals surface area (Å²) in [6, 6.07) is 11.9.